The second-order valence-corrected chi connectivity index (χ2v) is 9.05. The van der Waals surface area contributed by atoms with Crippen molar-refractivity contribution in [2.24, 2.45) is 0 Å². The summed E-state index contributed by atoms with van der Waals surface area (Å²) in [5.74, 6) is 2.39. The number of benzene rings is 2. The third-order valence-electron chi connectivity index (χ3n) is 4.67. The first kappa shape index (κ1) is 24.7. The predicted molar refractivity (Wildman–Crippen MR) is 137 cm³/mol. The number of hydrogen-bond donors (Lipinski definition) is 1. The molecular weight excluding hydrogens is 555 g/mol. The van der Waals surface area contributed by atoms with E-state index in [-0.39, 0.29) is 18.1 Å². The SMILES string of the molecule is C#CCOc1c(I)cc(/C=C2/SC(=O)N(CC(=O)Nc3ccc(CC)cc3)C2=O)cc1OC. The van der Waals surface area contributed by atoms with Crippen LogP contribution < -0.4 is 14.8 Å². The Labute approximate surface area is 210 Å². The molecule has 1 N–H and O–H groups in total. The number of nitrogens with one attached hydrogen (secondary N) is 1. The Morgan fingerprint density at radius 1 is 1.27 bits per heavy atom. The Balaban J connectivity index is 1.73. The number of methoxy groups -OCH3 is 1. The second kappa shape index (κ2) is 11.2. The largest absolute Gasteiger partial charge is 0.493 e. The average Bonchev–Trinajstić information content (AvgIpc) is 3.05. The first-order chi connectivity index (χ1) is 15.9. The Hall–Kier alpha value is -2.97. The average molecular weight is 576 g/mol. The summed E-state index contributed by atoms with van der Waals surface area (Å²) in [6.07, 6.45) is 7.73. The zero-order valence-electron chi connectivity index (χ0n) is 18.0. The number of ether oxygens (including phenoxy) is 2. The molecule has 170 valence electrons. The molecule has 9 heteroatoms. The summed E-state index contributed by atoms with van der Waals surface area (Å²) in [6.45, 7) is 1.77. The highest BCUT2D eigenvalue weighted by atomic mass is 127. The number of halogens is 1. The molecule has 3 rings (SSSR count). The van der Waals surface area contributed by atoms with E-state index in [9.17, 15) is 14.4 Å². The van der Waals surface area contributed by atoms with Gasteiger partial charge in [-0.05, 0) is 82.2 Å². The van der Waals surface area contributed by atoms with Gasteiger partial charge in [0.1, 0.15) is 13.2 Å². The van der Waals surface area contributed by atoms with Crippen LogP contribution in [0.5, 0.6) is 11.5 Å². The van der Waals surface area contributed by atoms with Gasteiger partial charge in [-0.3, -0.25) is 19.3 Å². The number of hydrogen-bond acceptors (Lipinski definition) is 6. The lowest BCUT2D eigenvalue weighted by molar-refractivity contribution is -0.127. The van der Waals surface area contributed by atoms with Gasteiger partial charge in [-0.1, -0.05) is 25.0 Å². The lowest BCUT2D eigenvalue weighted by Crippen LogP contribution is -2.36. The van der Waals surface area contributed by atoms with Crippen LogP contribution in [0.25, 0.3) is 6.08 Å². The lowest BCUT2D eigenvalue weighted by Gasteiger charge is -2.13. The molecule has 0 bridgehead atoms. The molecule has 2 aromatic rings. The molecule has 1 heterocycles. The third-order valence-corrected chi connectivity index (χ3v) is 6.38. The summed E-state index contributed by atoms with van der Waals surface area (Å²) in [6, 6.07) is 10.9. The van der Waals surface area contributed by atoms with Crippen LogP contribution >= 0.6 is 34.4 Å². The van der Waals surface area contributed by atoms with E-state index in [1.807, 2.05) is 19.1 Å². The van der Waals surface area contributed by atoms with E-state index in [2.05, 4.69) is 33.8 Å². The van der Waals surface area contributed by atoms with Crippen LogP contribution in [0, 0.1) is 15.9 Å². The normalized spacial score (nSPS) is 14.4. The predicted octanol–water partition coefficient (Wildman–Crippen LogP) is 4.55. The number of amides is 3. The van der Waals surface area contributed by atoms with Gasteiger partial charge in [-0.2, -0.15) is 0 Å². The quantitative estimate of drug-likeness (QED) is 0.282. The highest BCUT2D eigenvalue weighted by Gasteiger charge is 2.36. The van der Waals surface area contributed by atoms with Crippen LogP contribution in [-0.2, 0) is 16.0 Å². The number of aryl methyl sites for hydroxylation is 1. The van der Waals surface area contributed by atoms with Gasteiger partial charge in [0.15, 0.2) is 11.5 Å². The van der Waals surface area contributed by atoms with Gasteiger partial charge >= 0.3 is 0 Å². The Kier molecular flexibility index (Phi) is 8.41. The fourth-order valence-corrected chi connectivity index (χ4v) is 4.65. The van der Waals surface area contributed by atoms with Crippen LogP contribution in [0.3, 0.4) is 0 Å². The van der Waals surface area contributed by atoms with E-state index < -0.39 is 17.1 Å². The highest BCUT2D eigenvalue weighted by Crippen LogP contribution is 2.37. The minimum atomic E-state index is -0.525. The zero-order chi connectivity index (χ0) is 24.0. The van der Waals surface area contributed by atoms with Crippen molar-refractivity contribution in [2.75, 3.05) is 25.6 Å². The van der Waals surface area contributed by atoms with E-state index in [0.29, 0.717) is 22.7 Å². The zero-order valence-corrected chi connectivity index (χ0v) is 21.0. The molecule has 0 atom stereocenters. The highest BCUT2D eigenvalue weighted by molar-refractivity contribution is 14.1. The maximum atomic E-state index is 12.8. The maximum Gasteiger partial charge on any atom is 0.294 e. The minimum Gasteiger partial charge on any atom is -0.493 e. The topological polar surface area (TPSA) is 84.9 Å². The van der Waals surface area contributed by atoms with Crippen molar-refractivity contribution in [3.05, 3.63) is 56.0 Å². The molecule has 1 aliphatic heterocycles. The fourth-order valence-electron chi connectivity index (χ4n) is 3.03. The molecule has 0 saturated carbocycles. The van der Waals surface area contributed by atoms with Gasteiger partial charge in [-0.25, -0.2) is 0 Å². The fraction of sp³-hybridized carbons (Fsp3) is 0.208. The molecular formula is C24H21IN2O5S. The van der Waals surface area contributed by atoms with E-state index in [1.54, 1.807) is 30.3 Å². The standard InChI is InChI=1S/C24H21IN2O5S/c1-4-10-32-22-18(25)11-16(12-19(22)31-3)13-20-23(29)27(24(30)33-20)14-21(28)26-17-8-6-15(5-2)7-9-17/h1,6-9,11-13H,5,10,14H2,2-3H3,(H,26,28)/b20-13+. The molecule has 0 aliphatic carbocycles. The minimum absolute atomic E-state index is 0.0927. The Morgan fingerprint density at radius 2 is 2.00 bits per heavy atom. The third kappa shape index (κ3) is 6.09. The molecule has 0 radical (unpaired) electrons. The lowest BCUT2D eigenvalue weighted by atomic mass is 10.1. The number of rotatable bonds is 8. The van der Waals surface area contributed by atoms with Gasteiger partial charge in [0, 0.05) is 5.69 Å². The number of terminal acetylenes is 1. The summed E-state index contributed by atoms with van der Waals surface area (Å²) in [4.78, 5) is 38.7. The Morgan fingerprint density at radius 3 is 2.64 bits per heavy atom. The van der Waals surface area contributed by atoms with E-state index >= 15 is 0 Å². The molecule has 0 spiro atoms. The molecule has 3 amide bonds. The van der Waals surface area contributed by atoms with Crippen molar-refractivity contribution in [1.29, 1.82) is 0 Å². The van der Waals surface area contributed by atoms with Crippen molar-refractivity contribution in [3.63, 3.8) is 0 Å². The number of nitrogens with zero attached hydrogens (tertiary/aromatic N) is 1. The number of imide groups is 1. The van der Waals surface area contributed by atoms with Gasteiger partial charge in [-0.15, -0.1) is 6.42 Å². The van der Waals surface area contributed by atoms with Crippen molar-refractivity contribution in [3.8, 4) is 23.8 Å². The van der Waals surface area contributed by atoms with Crippen molar-refractivity contribution >= 4 is 63.2 Å². The van der Waals surface area contributed by atoms with Gasteiger partial charge in [0.05, 0.1) is 15.6 Å². The monoisotopic (exact) mass is 576 g/mol. The molecule has 1 fully saturated rings. The maximum absolute atomic E-state index is 12.8. The molecule has 33 heavy (non-hydrogen) atoms. The first-order valence-corrected chi connectivity index (χ1v) is 11.8. The van der Waals surface area contributed by atoms with Crippen LogP contribution in [0.2, 0.25) is 0 Å². The van der Waals surface area contributed by atoms with Crippen LogP contribution in [-0.4, -0.2) is 42.2 Å². The molecule has 1 aliphatic rings. The summed E-state index contributed by atoms with van der Waals surface area (Å²) in [7, 11) is 1.50. The summed E-state index contributed by atoms with van der Waals surface area (Å²) < 4.78 is 11.6. The summed E-state index contributed by atoms with van der Waals surface area (Å²) in [5, 5.41) is 2.21. The first-order valence-electron chi connectivity index (χ1n) is 9.94. The van der Waals surface area contributed by atoms with Gasteiger partial charge in [0.2, 0.25) is 5.91 Å². The van der Waals surface area contributed by atoms with Gasteiger partial charge in [0.25, 0.3) is 11.1 Å². The number of carbonyl (C=O) groups is 3. The van der Waals surface area contributed by atoms with E-state index in [1.165, 1.54) is 7.11 Å². The number of thioether (sulfide) groups is 1. The van der Waals surface area contributed by atoms with Crippen LogP contribution in [0.4, 0.5) is 10.5 Å². The van der Waals surface area contributed by atoms with Gasteiger partial charge < -0.3 is 14.8 Å². The molecule has 0 unspecified atom stereocenters. The number of anilines is 1. The second-order valence-electron chi connectivity index (χ2n) is 6.89. The van der Waals surface area contributed by atoms with E-state index in [4.69, 9.17) is 15.9 Å². The van der Waals surface area contributed by atoms with Crippen molar-refractivity contribution < 1.29 is 23.9 Å². The molecule has 2 aromatic carbocycles. The Bertz CT molecular complexity index is 1150. The molecule has 7 nitrogen and oxygen atoms in total. The molecule has 1 saturated heterocycles. The number of carbonyl (C=O) groups excluding carboxylic acids is 3. The van der Waals surface area contributed by atoms with Crippen molar-refractivity contribution in [1.82, 2.24) is 4.90 Å². The van der Waals surface area contributed by atoms with Crippen LogP contribution in [0.15, 0.2) is 41.3 Å². The smallest absolute Gasteiger partial charge is 0.294 e. The van der Waals surface area contributed by atoms with E-state index in [0.717, 1.165) is 32.2 Å². The molecule has 0 aromatic heterocycles. The summed E-state index contributed by atoms with van der Waals surface area (Å²) in [5.41, 5.74) is 2.40. The summed E-state index contributed by atoms with van der Waals surface area (Å²) >= 11 is 2.87. The van der Waals surface area contributed by atoms with Crippen molar-refractivity contribution in [2.45, 2.75) is 13.3 Å². The van der Waals surface area contributed by atoms with Crippen LogP contribution in [0.1, 0.15) is 18.1 Å².